The molecule has 18 heteroatoms. The Balaban J connectivity index is 1.55. The number of carbonyl (C=O) groups excluding carboxylic acids is 7. The van der Waals surface area contributed by atoms with E-state index < -0.39 is 102 Å². The van der Waals surface area contributed by atoms with E-state index in [2.05, 4.69) is 36.9 Å². The molecule has 0 aromatic heterocycles. The lowest BCUT2D eigenvalue weighted by atomic mass is 10.00. The lowest BCUT2D eigenvalue weighted by molar-refractivity contribution is -0.140. The van der Waals surface area contributed by atoms with E-state index in [9.17, 15) is 43.5 Å². The summed E-state index contributed by atoms with van der Waals surface area (Å²) in [6, 6.07) is 10.3. The highest BCUT2D eigenvalue weighted by atomic mass is 16.4. The van der Waals surface area contributed by atoms with Crippen LogP contribution in [-0.2, 0) is 38.4 Å². The van der Waals surface area contributed by atoms with Crippen molar-refractivity contribution in [2.45, 2.75) is 87.9 Å². The van der Waals surface area contributed by atoms with Crippen molar-refractivity contribution >= 4 is 63.8 Å². The number of aliphatic carboxylic acids is 1. The molecule has 2 aliphatic rings. The normalized spacial score (nSPS) is 19.7. The van der Waals surface area contributed by atoms with Gasteiger partial charge in [0.25, 0.3) is 11.8 Å². The van der Waals surface area contributed by atoms with Gasteiger partial charge in [0.1, 0.15) is 22.8 Å². The summed E-state index contributed by atoms with van der Waals surface area (Å²) in [7, 11) is 1.40. The van der Waals surface area contributed by atoms with Gasteiger partial charge in [-0.2, -0.15) is 0 Å². The number of carboxylic acid groups (broad SMARTS) is 1. The van der Waals surface area contributed by atoms with Crippen molar-refractivity contribution in [3.05, 3.63) is 48.0 Å². The minimum Gasteiger partial charge on any atom is -0.481 e. The first-order chi connectivity index (χ1) is 26.6. The molecule has 0 bridgehead atoms. The van der Waals surface area contributed by atoms with E-state index in [-0.39, 0.29) is 38.1 Å². The summed E-state index contributed by atoms with van der Waals surface area (Å²) in [5.41, 5.74) is 2.83. The van der Waals surface area contributed by atoms with Crippen LogP contribution in [0.3, 0.4) is 0 Å². The summed E-state index contributed by atoms with van der Waals surface area (Å²) in [5.74, 6) is -7.95. The highest BCUT2D eigenvalue weighted by Gasteiger charge is 2.62. The van der Waals surface area contributed by atoms with Gasteiger partial charge in [-0.15, -0.1) is 0 Å². The lowest BCUT2D eigenvalue weighted by Crippen LogP contribution is -2.60. The Kier molecular flexibility index (Phi) is 14.4. The number of nitrogens with two attached hydrogens (primary N) is 1. The molecule has 2 aromatic carbocycles. The smallest absolute Gasteiger partial charge is 0.305 e. The summed E-state index contributed by atoms with van der Waals surface area (Å²) in [6.07, 6.45) is -0.139. The predicted octanol–water partition coefficient (Wildman–Crippen LogP) is -1.12. The molecule has 0 heterocycles. The number of primary amides is 1. The van der Waals surface area contributed by atoms with E-state index in [1.807, 2.05) is 36.4 Å². The van der Waals surface area contributed by atoms with E-state index >= 15 is 0 Å². The molecule has 1 unspecified atom stereocenters. The highest BCUT2D eigenvalue weighted by Crippen LogP contribution is 2.52. The molecular weight excluding hydrogens is 728 g/mol. The first-order valence-electron chi connectivity index (χ1n) is 18.5. The number of aliphatic hydroxyl groups excluding tert-OH is 1. The quantitative estimate of drug-likeness (QED) is 0.0541. The molecule has 0 radical (unpaired) electrons. The van der Waals surface area contributed by atoms with E-state index in [1.165, 1.54) is 7.05 Å². The van der Waals surface area contributed by atoms with Gasteiger partial charge in [0, 0.05) is 25.0 Å². The molecule has 4 rings (SSSR count). The maximum absolute atomic E-state index is 14.2. The Morgan fingerprint density at radius 1 is 0.929 bits per heavy atom. The van der Waals surface area contributed by atoms with Crippen LogP contribution in [0.15, 0.2) is 47.5 Å². The second-order valence-corrected chi connectivity index (χ2v) is 14.3. The first-order valence-corrected chi connectivity index (χ1v) is 18.5. The number of likely N-dealkylation sites (N-methyl/N-ethyl adjacent to an activating group) is 1. The fraction of sp³-hybridized carbons (Fsp3) is 0.500. The molecule has 2 aromatic rings. The number of fused-ring (bicyclic) bond motifs is 1. The molecule has 7 amide bonds. The van der Waals surface area contributed by atoms with Gasteiger partial charge in [-0.1, -0.05) is 56.3 Å². The summed E-state index contributed by atoms with van der Waals surface area (Å²) >= 11 is 0. The molecule has 10 N–H and O–H groups in total. The Labute approximate surface area is 323 Å². The number of aliphatic imine (C=N–C) groups is 1. The Morgan fingerprint density at radius 2 is 1.61 bits per heavy atom. The first kappa shape index (κ1) is 43.0. The number of amides is 7. The number of aliphatic hydroxyl groups is 1. The molecule has 0 saturated heterocycles. The predicted molar refractivity (Wildman–Crippen MR) is 203 cm³/mol. The van der Waals surface area contributed by atoms with Crippen molar-refractivity contribution < 1.29 is 48.6 Å². The summed E-state index contributed by atoms with van der Waals surface area (Å²) in [6.45, 7) is 3.13. The number of carbonyl (C=O) groups is 8. The number of hydrogen-bond acceptors (Lipinski definition) is 10. The van der Waals surface area contributed by atoms with Gasteiger partial charge in [0.2, 0.25) is 29.5 Å². The van der Waals surface area contributed by atoms with Crippen LogP contribution >= 0.6 is 0 Å². The zero-order valence-electron chi connectivity index (χ0n) is 31.6. The van der Waals surface area contributed by atoms with Crippen LogP contribution < -0.4 is 37.6 Å². The monoisotopic (exact) mass is 778 g/mol. The standard InChI is InChI=1S/C38H50N8O10/c1-4-21(2)31(34(54)42-20-29(49)41-14-7-15-47)44-35(55)37(12-13-37)45-33(53)27(17-28(39)48)43-36(56)38(46-32(52)26(40-3)18-30(50)51)19-25(38)24-11-10-22-8-5-6-9-23(22)16-24/h5-6,8-11,16,21,25-27,40,47H,4,7,12-15,17-20H2,1-3H3,(H2,39,48)(H,41,49)(H,42,54)(H,43,56)(H,45,53)(H,46,52)(H,50,51)/t21-,25-,26-,27?,38+/m0/s1. The molecular formula is C38H50N8O10. The van der Waals surface area contributed by atoms with E-state index in [1.54, 1.807) is 19.9 Å². The zero-order chi connectivity index (χ0) is 41.2. The average molecular weight is 779 g/mol. The fourth-order valence-corrected chi connectivity index (χ4v) is 6.30. The molecule has 2 aliphatic carbocycles. The number of nitrogens with one attached hydrogen (secondary N) is 6. The van der Waals surface area contributed by atoms with Gasteiger partial charge >= 0.3 is 5.97 Å². The summed E-state index contributed by atoms with van der Waals surface area (Å²) in [5, 5.41) is 35.5. The SMILES string of the molecule is CC[C@H](C)C(=NC(=O)C1(NC(=O)C(CC(N)=O)NC(=O)[C@@]2(NC(=O)[C@H](CC(=O)O)NC)C[C@H]2c2ccc3ccccc3c2)CC1)C(=O)NCC(=O)NCCCO. The van der Waals surface area contributed by atoms with Gasteiger partial charge in [0.05, 0.1) is 25.4 Å². The third-order valence-corrected chi connectivity index (χ3v) is 10.1. The molecule has 0 spiro atoms. The van der Waals surface area contributed by atoms with Crippen LogP contribution in [0.4, 0.5) is 0 Å². The van der Waals surface area contributed by atoms with E-state index in [4.69, 9.17) is 10.8 Å². The van der Waals surface area contributed by atoms with Crippen LogP contribution in [0.25, 0.3) is 10.8 Å². The number of nitrogens with zero attached hydrogens (tertiary/aromatic N) is 1. The molecule has 18 nitrogen and oxygen atoms in total. The van der Waals surface area contributed by atoms with Gasteiger partial charge in [-0.25, -0.2) is 4.99 Å². The molecule has 2 saturated carbocycles. The molecule has 2 fully saturated rings. The average Bonchev–Trinajstić information content (AvgIpc) is 4.10. The minimum absolute atomic E-state index is 0.0826. The van der Waals surface area contributed by atoms with Crippen molar-refractivity contribution in [3.63, 3.8) is 0 Å². The van der Waals surface area contributed by atoms with E-state index in [0.29, 0.717) is 18.4 Å². The summed E-state index contributed by atoms with van der Waals surface area (Å²) < 4.78 is 0. The Bertz CT molecular complexity index is 1900. The van der Waals surface area contributed by atoms with Crippen LogP contribution in [0.1, 0.15) is 70.3 Å². The largest absolute Gasteiger partial charge is 0.481 e. The second-order valence-electron chi connectivity index (χ2n) is 14.3. The molecule has 5 atom stereocenters. The second kappa shape index (κ2) is 18.7. The lowest BCUT2D eigenvalue weighted by Gasteiger charge is -2.26. The van der Waals surface area contributed by atoms with Crippen LogP contribution in [-0.4, -0.2) is 113 Å². The van der Waals surface area contributed by atoms with Gasteiger partial charge in [-0.3, -0.25) is 38.4 Å². The van der Waals surface area contributed by atoms with Crippen molar-refractivity contribution in [1.29, 1.82) is 0 Å². The fourth-order valence-electron chi connectivity index (χ4n) is 6.30. The zero-order valence-corrected chi connectivity index (χ0v) is 31.6. The van der Waals surface area contributed by atoms with Crippen LogP contribution in [0.5, 0.6) is 0 Å². The maximum atomic E-state index is 14.2. The number of carboxylic acids is 1. The van der Waals surface area contributed by atoms with E-state index in [0.717, 1.165) is 10.8 Å². The molecule has 302 valence electrons. The molecule has 0 aliphatic heterocycles. The van der Waals surface area contributed by atoms with Crippen molar-refractivity contribution in [1.82, 2.24) is 31.9 Å². The third-order valence-electron chi connectivity index (χ3n) is 10.1. The number of rotatable bonds is 21. The topological polar surface area (TPSA) is 288 Å². The van der Waals surface area contributed by atoms with Gasteiger partial charge < -0.3 is 47.8 Å². The molecule has 56 heavy (non-hydrogen) atoms. The minimum atomic E-state index is -1.64. The number of benzene rings is 2. The van der Waals surface area contributed by atoms with Gasteiger partial charge in [0.15, 0.2) is 0 Å². The van der Waals surface area contributed by atoms with Crippen molar-refractivity contribution in [2.75, 3.05) is 26.7 Å². The Morgan fingerprint density at radius 3 is 2.21 bits per heavy atom. The highest BCUT2D eigenvalue weighted by molar-refractivity contribution is 6.41. The van der Waals surface area contributed by atoms with Gasteiger partial charge in [-0.05, 0) is 55.5 Å². The number of hydrogen-bond donors (Lipinski definition) is 9. The van der Waals surface area contributed by atoms with Crippen LogP contribution in [0.2, 0.25) is 0 Å². The van der Waals surface area contributed by atoms with Crippen LogP contribution in [0, 0.1) is 5.92 Å². The maximum Gasteiger partial charge on any atom is 0.305 e. The van der Waals surface area contributed by atoms with Crippen molar-refractivity contribution in [2.24, 2.45) is 16.6 Å². The van der Waals surface area contributed by atoms with Crippen molar-refractivity contribution in [3.8, 4) is 0 Å². The summed E-state index contributed by atoms with van der Waals surface area (Å²) in [4.78, 5) is 108. The third kappa shape index (κ3) is 10.7. The Hall–Kier alpha value is -5.75.